The van der Waals surface area contributed by atoms with Gasteiger partial charge in [0.25, 0.3) is 0 Å². The molecule has 27 heteroatoms. The van der Waals surface area contributed by atoms with Gasteiger partial charge >= 0.3 is 62.1 Å². The van der Waals surface area contributed by atoms with E-state index in [0.717, 1.165) is 0 Å². The molecule has 0 amide bonds. The van der Waals surface area contributed by atoms with Gasteiger partial charge in [-0.15, -0.1) is 0 Å². The van der Waals surface area contributed by atoms with E-state index < -0.39 is 70.4 Å². The van der Waals surface area contributed by atoms with Gasteiger partial charge in [-0.3, -0.25) is 0 Å². The van der Waals surface area contributed by atoms with Crippen LogP contribution in [0.4, 0.5) is 52.7 Å². The molecule has 0 aromatic heterocycles. The molecule has 1 radical (unpaired) electrons. The average molecular weight is 626 g/mol. The van der Waals surface area contributed by atoms with E-state index in [1.54, 1.807) is 0 Å². The van der Waals surface area contributed by atoms with Gasteiger partial charge in [0.15, 0.2) is 0 Å². The number of halogens is 12. The summed E-state index contributed by atoms with van der Waals surface area (Å²) < 4.78 is 217. The zero-order chi connectivity index (χ0) is 25.4. The van der Waals surface area contributed by atoms with Gasteiger partial charge in [-0.05, 0) is 0 Å². The van der Waals surface area contributed by atoms with Crippen molar-refractivity contribution in [3.8, 4) is 0 Å². The molecule has 0 aliphatic heterocycles. The van der Waals surface area contributed by atoms with Crippen molar-refractivity contribution in [3.63, 3.8) is 0 Å². The minimum Gasteiger partial charge on any atom is -0.202 e. The number of hydrogen-bond donors (Lipinski definition) is 2. The molecule has 0 aliphatic carbocycles. The van der Waals surface area contributed by atoms with Crippen LogP contribution in [0.15, 0.2) is 0 Å². The van der Waals surface area contributed by atoms with E-state index >= 15 is 0 Å². The van der Waals surface area contributed by atoms with Crippen LogP contribution in [0.3, 0.4) is 0 Å². The molecular formula is C4H2CuF12N2O8S4. The summed E-state index contributed by atoms with van der Waals surface area (Å²) in [5.74, 6) is 0. The van der Waals surface area contributed by atoms with Crippen molar-refractivity contribution in [2.45, 2.75) is 22.0 Å². The van der Waals surface area contributed by atoms with E-state index in [-0.39, 0.29) is 17.1 Å². The topological polar surface area (TPSA) is 161 Å². The Labute approximate surface area is 174 Å². The van der Waals surface area contributed by atoms with E-state index in [2.05, 4.69) is 0 Å². The Kier molecular flexibility index (Phi) is 11.0. The Morgan fingerprint density at radius 3 is 0.516 bits per heavy atom. The Morgan fingerprint density at radius 2 is 0.452 bits per heavy atom. The Morgan fingerprint density at radius 1 is 0.355 bits per heavy atom. The third-order valence-electron chi connectivity index (χ3n) is 1.66. The summed E-state index contributed by atoms with van der Waals surface area (Å²) in [7, 11) is -26.4. The molecule has 0 fully saturated rings. The second-order valence-corrected chi connectivity index (χ2v) is 11.2. The molecule has 0 saturated heterocycles. The zero-order valence-corrected chi connectivity index (χ0v) is 16.9. The smallest absolute Gasteiger partial charge is 0.202 e. The van der Waals surface area contributed by atoms with Crippen LogP contribution in [0.2, 0.25) is 0 Å². The Bertz CT molecular complexity index is 862. The fourth-order valence-corrected chi connectivity index (χ4v) is 4.30. The molecule has 2 N–H and O–H groups in total. The van der Waals surface area contributed by atoms with E-state index in [9.17, 15) is 86.4 Å². The van der Waals surface area contributed by atoms with Gasteiger partial charge in [0.1, 0.15) is 0 Å². The average Bonchev–Trinajstić information content (AvgIpc) is 2.30. The Balaban J connectivity index is -0.000000490. The SMILES string of the molecule is O=S(=O)(NS(=O)(=O)C(F)(F)F)C(F)(F)F.O=S(=O)(NS(=O)(=O)C(F)(F)F)C(F)(F)F.[Cu]. The molecule has 0 aliphatic rings. The van der Waals surface area contributed by atoms with Crippen LogP contribution in [0, 0.1) is 0 Å². The van der Waals surface area contributed by atoms with Crippen molar-refractivity contribution < 1.29 is 103 Å². The fourth-order valence-electron chi connectivity index (χ4n) is 0.478. The van der Waals surface area contributed by atoms with Crippen molar-refractivity contribution in [2.24, 2.45) is 0 Å². The second-order valence-electron chi connectivity index (χ2n) is 3.96. The van der Waals surface area contributed by atoms with E-state index in [4.69, 9.17) is 0 Å². The van der Waals surface area contributed by atoms with Gasteiger partial charge in [0, 0.05) is 17.1 Å². The maximum Gasteiger partial charge on any atom is 0.512 e. The molecule has 0 heterocycles. The van der Waals surface area contributed by atoms with E-state index in [1.807, 2.05) is 0 Å². The maximum atomic E-state index is 11.5. The van der Waals surface area contributed by atoms with Crippen molar-refractivity contribution in [3.05, 3.63) is 0 Å². The van der Waals surface area contributed by atoms with Gasteiger partial charge in [0.2, 0.25) is 0 Å². The predicted octanol–water partition coefficient (Wildman–Crippen LogP) is 0.548. The monoisotopic (exact) mass is 625 g/mol. The third-order valence-corrected chi connectivity index (χ3v) is 7.61. The van der Waals surface area contributed by atoms with Crippen LogP contribution in [-0.4, -0.2) is 55.7 Å². The van der Waals surface area contributed by atoms with Crippen LogP contribution in [0.5, 0.6) is 0 Å². The molecule has 0 aromatic rings. The second kappa shape index (κ2) is 9.72. The van der Waals surface area contributed by atoms with E-state index in [1.165, 1.54) is 0 Å². The van der Waals surface area contributed by atoms with Gasteiger partial charge in [-0.2, -0.15) is 52.7 Å². The fraction of sp³-hybridized carbons (Fsp3) is 1.00. The first-order valence-electron chi connectivity index (χ1n) is 5.23. The largest absolute Gasteiger partial charge is 0.512 e. The number of rotatable bonds is 4. The maximum absolute atomic E-state index is 11.5. The first-order chi connectivity index (χ1) is 12.4. The minimum absolute atomic E-state index is 0. The summed E-state index contributed by atoms with van der Waals surface area (Å²) in [5, 5.41) is 0. The Hall–Kier alpha value is -0.601. The molecule has 0 rings (SSSR count). The van der Waals surface area contributed by atoms with E-state index in [0.29, 0.717) is 0 Å². The van der Waals surface area contributed by atoms with Gasteiger partial charge in [0.05, 0.1) is 0 Å². The number of hydrogen-bond acceptors (Lipinski definition) is 8. The quantitative estimate of drug-likeness (QED) is 0.338. The molecule has 0 unspecified atom stereocenters. The van der Waals surface area contributed by atoms with Crippen molar-refractivity contribution >= 4 is 40.1 Å². The molecule has 0 spiro atoms. The number of nitrogens with one attached hydrogen (secondary N) is 2. The van der Waals surface area contributed by atoms with Gasteiger partial charge in [-0.25, -0.2) is 33.7 Å². The van der Waals surface area contributed by atoms with Crippen molar-refractivity contribution in [1.82, 2.24) is 8.25 Å². The van der Waals surface area contributed by atoms with Crippen LogP contribution in [-0.2, 0) is 57.2 Å². The number of sulfonamides is 4. The van der Waals surface area contributed by atoms with Gasteiger partial charge in [-0.1, -0.05) is 8.25 Å². The summed E-state index contributed by atoms with van der Waals surface area (Å²) >= 11 is 0. The third kappa shape index (κ3) is 9.82. The molecule has 0 saturated carbocycles. The van der Waals surface area contributed by atoms with Gasteiger partial charge < -0.3 is 0 Å². The predicted molar refractivity (Wildman–Crippen MR) is 66.2 cm³/mol. The standard InChI is InChI=1S/2C2HF6NO4S2.Cu/c2*3-1(4,5)14(10,11)9-15(12,13)2(6,7)8;/h2*9H;. The number of alkyl halides is 12. The first-order valence-corrected chi connectivity index (χ1v) is 11.2. The molecule has 0 aromatic carbocycles. The van der Waals surface area contributed by atoms with Crippen molar-refractivity contribution in [1.29, 1.82) is 0 Å². The summed E-state index contributed by atoms with van der Waals surface area (Å²) in [6, 6.07) is 0. The van der Waals surface area contributed by atoms with Crippen LogP contribution in [0.1, 0.15) is 0 Å². The molecule has 0 bridgehead atoms. The van der Waals surface area contributed by atoms with Crippen LogP contribution >= 0.6 is 0 Å². The van der Waals surface area contributed by atoms with Crippen molar-refractivity contribution in [2.75, 3.05) is 0 Å². The molecule has 195 valence electrons. The molecule has 31 heavy (non-hydrogen) atoms. The summed E-state index contributed by atoms with van der Waals surface area (Å²) in [4.78, 5) is 0. The molecule has 0 atom stereocenters. The first kappa shape index (κ1) is 35.0. The molecule has 10 nitrogen and oxygen atoms in total. The van der Waals surface area contributed by atoms with Crippen LogP contribution in [0.25, 0.3) is 0 Å². The summed E-state index contributed by atoms with van der Waals surface area (Å²) in [6.07, 6.45) is 0. The zero-order valence-electron chi connectivity index (χ0n) is 12.7. The summed E-state index contributed by atoms with van der Waals surface area (Å²) in [6.45, 7) is 0. The minimum atomic E-state index is -6.60. The summed E-state index contributed by atoms with van der Waals surface area (Å²) in [5.41, 5.74) is -24.6. The molecular weight excluding hydrogens is 624 g/mol. The normalized spacial score (nSPS) is 14.8. The van der Waals surface area contributed by atoms with Crippen LogP contribution < -0.4 is 8.25 Å².